The zero-order valence-corrected chi connectivity index (χ0v) is 15.7. The third-order valence-corrected chi connectivity index (χ3v) is 3.94. The van der Waals surface area contributed by atoms with Crippen LogP contribution in [0, 0.1) is 0 Å². The van der Waals surface area contributed by atoms with E-state index >= 15 is 0 Å². The van der Waals surface area contributed by atoms with E-state index in [0.29, 0.717) is 23.7 Å². The van der Waals surface area contributed by atoms with Gasteiger partial charge < -0.3 is 15.5 Å². The molecule has 0 aliphatic heterocycles. The lowest BCUT2D eigenvalue weighted by Gasteiger charge is -2.10. The Balaban J connectivity index is 1.89. The second-order valence-corrected chi connectivity index (χ2v) is 6.59. The molecular weight excluding hydrogens is 352 g/mol. The van der Waals surface area contributed by atoms with Crippen LogP contribution >= 0.6 is 11.6 Å². The van der Waals surface area contributed by atoms with Crippen molar-refractivity contribution in [3.05, 3.63) is 64.4 Å². The molecule has 0 spiro atoms. The van der Waals surface area contributed by atoms with E-state index in [0.717, 1.165) is 18.5 Å². The van der Waals surface area contributed by atoms with Crippen molar-refractivity contribution >= 4 is 23.4 Å². The van der Waals surface area contributed by atoms with Gasteiger partial charge >= 0.3 is 0 Å². The minimum absolute atomic E-state index is 0.208. The molecule has 26 heavy (non-hydrogen) atoms. The van der Waals surface area contributed by atoms with E-state index in [2.05, 4.69) is 20.5 Å². The van der Waals surface area contributed by atoms with E-state index in [9.17, 15) is 9.59 Å². The molecular formula is C19H23ClN4O2. The van der Waals surface area contributed by atoms with Crippen LogP contribution in [0.4, 0.5) is 0 Å². The summed E-state index contributed by atoms with van der Waals surface area (Å²) in [6.45, 7) is 1.84. The summed E-state index contributed by atoms with van der Waals surface area (Å²) in [5, 5.41) is 6.27. The van der Waals surface area contributed by atoms with Gasteiger partial charge in [-0.3, -0.25) is 14.6 Å². The number of carbonyl (C=O) groups is 2. The third kappa shape index (κ3) is 6.46. The summed E-state index contributed by atoms with van der Waals surface area (Å²) < 4.78 is 0. The topological polar surface area (TPSA) is 74.3 Å². The summed E-state index contributed by atoms with van der Waals surface area (Å²) in [5.74, 6) is -0.542. The van der Waals surface area contributed by atoms with Gasteiger partial charge in [-0.05, 0) is 56.9 Å². The number of benzene rings is 1. The summed E-state index contributed by atoms with van der Waals surface area (Å²) in [6, 6.07) is 10.3. The summed E-state index contributed by atoms with van der Waals surface area (Å²) in [5.41, 5.74) is 1.55. The Bertz CT molecular complexity index is 747. The molecule has 2 amide bonds. The number of hydrogen-bond donors (Lipinski definition) is 2. The molecule has 0 aliphatic rings. The van der Waals surface area contributed by atoms with E-state index in [-0.39, 0.29) is 17.5 Å². The number of nitrogens with zero attached hydrogens (tertiary/aromatic N) is 2. The molecule has 0 atom stereocenters. The molecule has 2 rings (SSSR count). The largest absolute Gasteiger partial charge is 0.352 e. The van der Waals surface area contributed by atoms with Gasteiger partial charge in [0.05, 0.1) is 0 Å². The van der Waals surface area contributed by atoms with Crippen LogP contribution in [0.1, 0.15) is 32.8 Å². The average Bonchev–Trinajstić information content (AvgIpc) is 2.64. The van der Waals surface area contributed by atoms with Crippen LogP contribution in [-0.4, -0.2) is 48.9 Å². The maximum Gasteiger partial charge on any atom is 0.270 e. The number of halogens is 1. The second kappa shape index (κ2) is 9.89. The first kappa shape index (κ1) is 19.9. The molecule has 0 radical (unpaired) electrons. The number of rotatable bonds is 8. The van der Waals surface area contributed by atoms with Crippen molar-refractivity contribution < 1.29 is 9.59 Å². The van der Waals surface area contributed by atoms with Gasteiger partial charge in [-0.2, -0.15) is 0 Å². The van der Waals surface area contributed by atoms with Gasteiger partial charge in [-0.1, -0.05) is 23.7 Å². The predicted octanol–water partition coefficient (Wildman–Crippen LogP) is 2.35. The number of nitrogens with one attached hydrogen (secondary N) is 2. The minimum Gasteiger partial charge on any atom is -0.352 e. The van der Waals surface area contributed by atoms with Crippen LogP contribution in [0.25, 0.3) is 0 Å². The number of amides is 2. The smallest absolute Gasteiger partial charge is 0.270 e. The number of pyridine rings is 1. The Morgan fingerprint density at radius 1 is 1.08 bits per heavy atom. The molecule has 1 heterocycles. The van der Waals surface area contributed by atoms with Crippen LogP contribution in [0.3, 0.4) is 0 Å². The summed E-state index contributed by atoms with van der Waals surface area (Å²) in [6.07, 6.45) is 2.32. The van der Waals surface area contributed by atoms with Gasteiger partial charge in [0.2, 0.25) is 0 Å². The monoisotopic (exact) mass is 374 g/mol. The number of aromatic nitrogens is 1. The standard InChI is InChI=1S/C19H23ClN4O2/c1-24(2)11-3-9-22-18(25)15-8-10-21-17(12-15)19(26)23-13-14-4-6-16(20)7-5-14/h4-8,10,12H,3,9,11,13H2,1-2H3,(H,22,25)(H,23,26). The highest BCUT2D eigenvalue weighted by Crippen LogP contribution is 2.09. The predicted molar refractivity (Wildman–Crippen MR) is 102 cm³/mol. The van der Waals surface area contributed by atoms with Crippen LogP contribution in [0.15, 0.2) is 42.6 Å². The van der Waals surface area contributed by atoms with Crippen LogP contribution in [-0.2, 0) is 6.54 Å². The quantitative estimate of drug-likeness (QED) is 0.695. The van der Waals surface area contributed by atoms with E-state index in [4.69, 9.17) is 11.6 Å². The molecule has 0 bridgehead atoms. The molecule has 7 heteroatoms. The van der Waals surface area contributed by atoms with Crippen molar-refractivity contribution in [3.8, 4) is 0 Å². The third-order valence-electron chi connectivity index (χ3n) is 3.69. The molecule has 2 N–H and O–H groups in total. The zero-order chi connectivity index (χ0) is 18.9. The first-order valence-electron chi connectivity index (χ1n) is 8.37. The Hall–Kier alpha value is -2.44. The Labute approximate surface area is 158 Å². The van der Waals surface area contributed by atoms with E-state index in [1.165, 1.54) is 12.3 Å². The first-order valence-corrected chi connectivity index (χ1v) is 8.75. The van der Waals surface area contributed by atoms with E-state index in [1.807, 2.05) is 26.2 Å². The molecule has 2 aromatic rings. The Morgan fingerprint density at radius 3 is 2.50 bits per heavy atom. The maximum absolute atomic E-state index is 12.3. The number of carbonyl (C=O) groups excluding carboxylic acids is 2. The lowest BCUT2D eigenvalue weighted by atomic mass is 10.2. The fourth-order valence-corrected chi connectivity index (χ4v) is 2.40. The molecule has 1 aromatic carbocycles. The van der Waals surface area contributed by atoms with Gasteiger partial charge in [0.1, 0.15) is 5.69 Å². The fraction of sp³-hybridized carbons (Fsp3) is 0.316. The molecule has 0 aliphatic carbocycles. The lowest BCUT2D eigenvalue weighted by Crippen LogP contribution is -2.28. The van der Waals surface area contributed by atoms with Gasteiger partial charge in [0.25, 0.3) is 11.8 Å². The lowest BCUT2D eigenvalue weighted by molar-refractivity contribution is 0.0946. The molecule has 0 saturated heterocycles. The van der Waals surface area contributed by atoms with Crippen molar-refractivity contribution in [1.82, 2.24) is 20.5 Å². The average molecular weight is 375 g/mol. The molecule has 1 aromatic heterocycles. The van der Waals surface area contributed by atoms with Crippen LogP contribution in [0.5, 0.6) is 0 Å². The first-order chi connectivity index (χ1) is 12.5. The van der Waals surface area contributed by atoms with Crippen LogP contribution < -0.4 is 10.6 Å². The van der Waals surface area contributed by atoms with Crippen molar-refractivity contribution in [2.45, 2.75) is 13.0 Å². The van der Waals surface area contributed by atoms with Crippen molar-refractivity contribution in [2.24, 2.45) is 0 Å². The highest BCUT2D eigenvalue weighted by atomic mass is 35.5. The Kier molecular flexibility index (Phi) is 7.56. The summed E-state index contributed by atoms with van der Waals surface area (Å²) in [4.78, 5) is 30.5. The SMILES string of the molecule is CN(C)CCCNC(=O)c1ccnc(C(=O)NCc2ccc(Cl)cc2)c1. The van der Waals surface area contributed by atoms with E-state index < -0.39 is 0 Å². The molecule has 0 saturated carbocycles. The van der Waals surface area contributed by atoms with Crippen LogP contribution in [0.2, 0.25) is 5.02 Å². The molecule has 6 nitrogen and oxygen atoms in total. The number of hydrogen-bond acceptors (Lipinski definition) is 4. The summed E-state index contributed by atoms with van der Waals surface area (Å²) in [7, 11) is 3.97. The molecule has 138 valence electrons. The normalized spacial score (nSPS) is 10.6. The second-order valence-electron chi connectivity index (χ2n) is 6.15. The van der Waals surface area contributed by atoms with Gasteiger partial charge in [0, 0.05) is 29.9 Å². The van der Waals surface area contributed by atoms with Crippen molar-refractivity contribution in [3.63, 3.8) is 0 Å². The molecule has 0 unspecified atom stereocenters. The Morgan fingerprint density at radius 2 is 1.81 bits per heavy atom. The zero-order valence-electron chi connectivity index (χ0n) is 15.0. The molecule has 0 fully saturated rings. The van der Waals surface area contributed by atoms with Gasteiger partial charge in [0.15, 0.2) is 0 Å². The maximum atomic E-state index is 12.3. The van der Waals surface area contributed by atoms with Gasteiger partial charge in [-0.25, -0.2) is 0 Å². The highest BCUT2D eigenvalue weighted by Gasteiger charge is 2.11. The van der Waals surface area contributed by atoms with Crippen molar-refractivity contribution in [1.29, 1.82) is 0 Å². The van der Waals surface area contributed by atoms with Gasteiger partial charge in [-0.15, -0.1) is 0 Å². The van der Waals surface area contributed by atoms with E-state index in [1.54, 1.807) is 18.2 Å². The highest BCUT2D eigenvalue weighted by molar-refractivity contribution is 6.30. The minimum atomic E-state index is -0.331. The summed E-state index contributed by atoms with van der Waals surface area (Å²) >= 11 is 5.84. The van der Waals surface area contributed by atoms with Crippen molar-refractivity contribution in [2.75, 3.05) is 27.2 Å². The fourth-order valence-electron chi connectivity index (χ4n) is 2.27.